The summed E-state index contributed by atoms with van der Waals surface area (Å²) in [4.78, 5) is 13.8. The quantitative estimate of drug-likeness (QED) is 0.768. The molecule has 1 saturated heterocycles. The van der Waals surface area contributed by atoms with Gasteiger partial charge in [0.25, 0.3) is 0 Å². The summed E-state index contributed by atoms with van der Waals surface area (Å²) in [6.07, 6.45) is -0.205. The Hall–Kier alpha value is -1.63. The minimum absolute atomic E-state index is 0.0269. The Labute approximate surface area is 136 Å². The number of ether oxygens (including phenoxy) is 1. The topological polar surface area (TPSA) is 63.7 Å². The molecule has 2 atom stereocenters. The number of carbonyl (C=O) groups excluding carboxylic acids is 1. The monoisotopic (exact) mass is 343 g/mol. The molecule has 5 nitrogen and oxygen atoms in total. The van der Waals surface area contributed by atoms with Gasteiger partial charge in [-0.15, -0.1) is 0 Å². The molecule has 1 aliphatic rings. The van der Waals surface area contributed by atoms with Crippen LogP contribution in [0.1, 0.15) is 31.4 Å². The number of nitrogens with zero attached hydrogens (tertiary/aromatic N) is 1. The molecule has 0 aromatic heterocycles. The molecule has 128 valence electrons. The van der Waals surface area contributed by atoms with Gasteiger partial charge in [-0.1, -0.05) is 6.07 Å². The Bertz CT molecular complexity index is 687. The molecule has 0 spiro atoms. The summed E-state index contributed by atoms with van der Waals surface area (Å²) < 4.78 is 42.3. The fourth-order valence-electron chi connectivity index (χ4n) is 2.89. The van der Waals surface area contributed by atoms with E-state index in [1.165, 1.54) is 6.07 Å². The summed E-state index contributed by atoms with van der Waals surface area (Å²) in [6.45, 7) is 1.62. The van der Waals surface area contributed by atoms with E-state index in [1.807, 2.05) is 0 Å². The highest BCUT2D eigenvalue weighted by atomic mass is 32.2. The molecule has 1 fully saturated rings. The second kappa shape index (κ2) is 6.86. The summed E-state index contributed by atoms with van der Waals surface area (Å²) in [7, 11) is 0.555. The third-order valence-corrected chi connectivity index (χ3v) is 5.85. The van der Waals surface area contributed by atoms with Crippen LogP contribution in [0.3, 0.4) is 0 Å². The number of sulfone groups is 1. The molecule has 23 heavy (non-hydrogen) atoms. The largest absolute Gasteiger partial charge is 0.458 e. The Morgan fingerprint density at radius 1 is 1.43 bits per heavy atom. The van der Waals surface area contributed by atoms with Gasteiger partial charge in [0.15, 0.2) is 9.84 Å². The van der Waals surface area contributed by atoms with Crippen LogP contribution in [-0.4, -0.2) is 40.0 Å². The fourth-order valence-corrected chi connectivity index (χ4v) is 4.75. The van der Waals surface area contributed by atoms with Gasteiger partial charge < -0.3 is 9.64 Å². The first-order chi connectivity index (χ1) is 10.7. The maximum atomic E-state index is 14.1. The summed E-state index contributed by atoms with van der Waals surface area (Å²) in [6, 6.07) is 4.69. The molecule has 0 bridgehead atoms. The molecule has 1 heterocycles. The van der Waals surface area contributed by atoms with E-state index in [4.69, 9.17) is 4.74 Å². The minimum Gasteiger partial charge on any atom is -0.458 e. The lowest BCUT2D eigenvalue weighted by Crippen LogP contribution is -2.18. The number of anilines is 1. The predicted octanol–water partition coefficient (Wildman–Crippen LogP) is 2.32. The number of rotatable bonds is 5. The van der Waals surface area contributed by atoms with Crippen molar-refractivity contribution < 1.29 is 22.3 Å². The van der Waals surface area contributed by atoms with Crippen molar-refractivity contribution in [1.82, 2.24) is 0 Å². The van der Waals surface area contributed by atoms with Gasteiger partial charge in [-0.05, 0) is 31.4 Å². The SMILES string of the molecule is C[C@H](OC(=O)C[C@@H]1CCS(=O)(=O)C1)c1c(F)cccc1N(C)C. The van der Waals surface area contributed by atoms with Crippen molar-refractivity contribution in [3.05, 3.63) is 29.6 Å². The van der Waals surface area contributed by atoms with Crippen molar-refractivity contribution in [1.29, 1.82) is 0 Å². The maximum Gasteiger partial charge on any atom is 0.306 e. The highest BCUT2D eigenvalue weighted by Gasteiger charge is 2.30. The highest BCUT2D eigenvalue weighted by molar-refractivity contribution is 7.91. The molecule has 1 aromatic rings. The molecule has 2 rings (SSSR count). The van der Waals surface area contributed by atoms with Gasteiger partial charge in [-0.25, -0.2) is 12.8 Å². The molecule has 7 heteroatoms. The minimum atomic E-state index is -3.02. The van der Waals surface area contributed by atoms with Crippen molar-refractivity contribution in [2.75, 3.05) is 30.5 Å². The normalized spacial score (nSPS) is 21.0. The van der Waals surface area contributed by atoms with Crippen LogP contribution in [0.25, 0.3) is 0 Å². The molecule has 0 aliphatic carbocycles. The van der Waals surface area contributed by atoms with E-state index in [0.29, 0.717) is 17.7 Å². The number of hydrogen-bond acceptors (Lipinski definition) is 5. The first kappa shape index (κ1) is 17.7. The molecule has 0 unspecified atom stereocenters. The first-order valence-corrected chi connectivity index (χ1v) is 9.37. The second-order valence-electron chi connectivity index (χ2n) is 6.17. The van der Waals surface area contributed by atoms with Crippen molar-refractivity contribution in [3.63, 3.8) is 0 Å². The molecule has 0 amide bonds. The highest BCUT2D eigenvalue weighted by Crippen LogP contribution is 2.31. The first-order valence-electron chi connectivity index (χ1n) is 7.55. The lowest BCUT2D eigenvalue weighted by molar-refractivity contribution is -0.149. The zero-order valence-corrected chi connectivity index (χ0v) is 14.4. The van der Waals surface area contributed by atoms with Crippen LogP contribution >= 0.6 is 0 Å². The lowest BCUT2D eigenvalue weighted by atomic mass is 10.0. The summed E-state index contributed by atoms with van der Waals surface area (Å²) in [5.74, 6) is -0.973. The van der Waals surface area contributed by atoms with Crippen LogP contribution in [-0.2, 0) is 19.4 Å². The second-order valence-corrected chi connectivity index (χ2v) is 8.40. The summed E-state index contributed by atoms with van der Waals surface area (Å²) >= 11 is 0. The Kier molecular flexibility index (Phi) is 5.29. The van der Waals surface area contributed by atoms with Crippen LogP contribution in [0.4, 0.5) is 10.1 Å². The number of benzene rings is 1. The van der Waals surface area contributed by atoms with Gasteiger partial charge in [0.1, 0.15) is 11.9 Å². The van der Waals surface area contributed by atoms with E-state index in [9.17, 15) is 17.6 Å². The smallest absolute Gasteiger partial charge is 0.306 e. The molecule has 0 saturated carbocycles. The average molecular weight is 343 g/mol. The molecule has 0 N–H and O–H groups in total. The molecule has 1 aromatic carbocycles. The van der Waals surface area contributed by atoms with E-state index < -0.39 is 27.7 Å². The van der Waals surface area contributed by atoms with E-state index in [-0.39, 0.29) is 23.8 Å². The van der Waals surface area contributed by atoms with Gasteiger partial charge in [0.05, 0.1) is 17.1 Å². The number of carbonyl (C=O) groups is 1. The molecular weight excluding hydrogens is 321 g/mol. The van der Waals surface area contributed by atoms with Crippen molar-refractivity contribution in [2.24, 2.45) is 5.92 Å². The van der Waals surface area contributed by atoms with Gasteiger partial charge in [0, 0.05) is 26.2 Å². The molecule has 1 aliphatic heterocycles. The van der Waals surface area contributed by atoms with Crippen LogP contribution in [0.2, 0.25) is 0 Å². The van der Waals surface area contributed by atoms with Crippen LogP contribution in [0.15, 0.2) is 18.2 Å². The third-order valence-electron chi connectivity index (χ3n) is 4.01. The lowest BCUT2D eigenvalue weighted by Gasteiger charge is -2.22. The predicted molar refractivity (Wildman–Crippen MR) is 86.6 cm³/mol. The average Bonchev–Trinajstić information content (AvgIpc) is 2.76. The number of halogens is 1. The summed E-state index contributed by atoms with van der Waals surface area (Å²) in [5, 5.41) is 0. The van der Waals surface area contributed by atoms with Gasteiger partial charge in [-0.3, -0.25) is 4.79 Å². The standard InChI is InChI=1S/C16H22FNO4S/c1-11(16-13(17)5-4-6-14(16)18(2)3)22-15(19)9-12-7-8-23(20,21)10-12/h4-6,11-12H,7-10H2,1-3H3/t11-,12-/m0/s1. The zero-order chi connectivity index (χ0) is 17.2. The van der Waals surface area contributed by atoms with Crippen LogP contribution < -0.4 is 4.90 Å². The van der Waals surface area contributed by atoms with Crippen molar-refractivity contribution in [2.45, 2.75) is 25.9 Å². The Morgan fingerprint density at radius 3 is 2.70 bits per heavy atom. The van der Waals surface area contributed by atoms with E-state index in [0.717, 1.165) is 0 Å². The van der Waals surface area contributed by atoms with E-state index in [1.54, 1.807) is 38.1 Å². The number of esters is 1. The van der Waals surface area contributed by atoms with Gasteiger partial charge in [0.2, 0.25) is 0 Å². The van der Waals surface area contributed by atoms with Crippen molar-refractivity contribution in [3.8, 4) is 0 Å². The molecular formula is C16H22FNO4S. The van der Waals surface area contributed by atoms with E-state index >= 15 is 0 Å². The Balaban J connectivity index is 2.05. The van der Waals surface area contributed by atoms with Crippen molar-refractivity contribution >= 4 is 21.5 Å². The fraction of sp³-hybridized carbons (Fsp3) is 0.562. The van der Waals surface area contributed by atoms with Gasteiger partial charge in [-0.2, -0.15) is 0 Å². The summed E-state index contributed by atoms with van der Waals surface area (Å²) in [5.41, 5.74) is 0.971. The van der Waals surface area contributed by atoms with Crippen LogP contribution in [0.5, 0.6) is 0 Å². The Morgan fingerprint density at radius 2 is 2.13 bits per heavy atom. The number of hydrogen-bond donors (Lipinski definition) is 0. The molecule has 0 radical (unpaired) electrons. The van der Waals surface area contributed by atoms with Gasteiger partial charge >= 0.3 is 5.97 Å². The van der Waals surface area contributed by atoms with Crippen LogP contribution in [0, 0.1) is 11.7 Å². The zero-order valence-electron chi connectivity index (χ0n) is 13.6. The maximum absolute atomic E-state index is 14.1. The van der Waals surface area contributed by atoms with E-state index in [2.05, 4.69) is 0 Å². The third kappa shape index (κ3) is 4.43.